The van der Waals surface area contributed by atoms with Gasteiger partial charge in [0.2, 0.25) is 0 Å². The van der Waals surface area contributed by atoms with Crippen molar-refractivity contribution in [1.29, 1.82) is 0 Å². The summed E-state index contributed by atoms with van der Waals surface area (Å²) < 4.78 is 27.6. The Labute approximate surface area is 135 Å². The largest absolute Gasteiger partial charge is 0.505 e. The molecule has 19 heavy (non-hydrogen) atoms. The minimum atomic E-state index is -3.78. The van der Waals surface area contributed by atoms with E-state index in [1.165, 1.54) is 12.1 Å². The smallest absolute Gasteiger partial charge is 0.271 e. The number of sulfonamides is 1. The van der Waals surface area contributed by atoms with E-state index in [1.807, 2.05) is 0 Å². The summed E-state index contributed by atoms with van der Waals surface area (Å²) in [5, 5.41) is 10.1. The van der Waals surface area contributed by atoms with Crippen LogP contribution in [0.25, 0.3) is 0 Å². The van der Waals surface area contributed by atoms with Crippen LogP contribution in [-0.2, 0) is 10.0 Å². The van der Waals surface area contributed by atoms with Crippen LogP contribution in [0.5, 0.6) is 5.75 Å². The number of phenols is 1. The van der Waals surface area contributed by atoms with Crippen molar-refractivity contribution in [2.45, 2.75) is 4.21 Å². The van der Waals surface area contributed by atoms with E-state index >= 15 is 0 Å². The predicted molar refractivity (Wildman–Crippen MR) is 83.6 cm³/mol. The summed E-state index contributed by atoms with van der Waals surface area (Å²) in [5.41, 5.74) is 0.0926. The third-order valence-corrected chi connectivity index (χ3v) is 7.07. The van der Waals surface area contributed by atoms with Gasteiger partial charge in [-0.25, -0.2) is 8.42 Å². The Morgan fingerprint density at radius 1 is 1.32 bits per heavy atom. The zero-order chi connectivity index (χ0) is 14.2. The van der Waals surface area contributed by atoms with Crippen molar-refractivity contribution in [3.05, 3.63) is 37.5 Å². The van der Waals surface area contributed by atoms with E-state index in [0.29, 0.717) is 13.3 Å². The molecule has 2 rings (SSSR count). The molecule has 2 N–H and O–H groups in total. The van der Waals surface area contributed by atoms with E-state index in [2.05, 4.69) is 36.6 Å². The number of hydrogen-bond acceptors (Lipinski definition) is 4. The maximum absolute atomic E-state index is 12.1. The highest BCUT2D eigenvalue weighted by atomic mass is 79.9. The quantitative estimate of drug-likeness (QED) is 0.684. The van der Waals surface area contributed by atoms with Crippen LogP contribution in [-0.4, -0.2) is 13.5 Å². The highest BCUT2D eigenvalue weighted by Crippen LogP contribution is 2.37. The predicted octanol–water partition coefficient (Wildman–Crippen LogP) is 4.43. The normalized spacial score (nSPS) is 11.5. The minimum absolute atomic E-state index is 0.0590. The molecule has 0 radical (unpaired) electrons. The molecule has 0 bridgehead atoms. The molecule has 0 fully saturated rings. The van der Waals surface area contributed by atoms with Crippen LogP contribution in [0.3, 0.4) is 0 Å². The number of benzene rings is 1. The second-order valence-electron chi connectivity index (χ2n) is 3.43. The summed E-state index contributed by atoms with van der Waals surface area (Å²) in [7, 11) is -3.78. The lowest BCUT2D eigenvalue weighted by atomic mass is 10.3. The van der Waals surface area contributed by atoms with Crippen molar-refractivity contribution < 1.29 is 13.5 Å². The molecular weight excluding hydrogens is 442 g/mol. The third kappa shape index (κ3) is 3.25. The molecular formula is C10H6Br2ClNO3S2. The average molecular weight is 448 g/mol. The van der Waals surface area contributed by atoms with Gasteiger partial charge in [0.05, 0.1) is 19.0 Å². The first kappa shape index (κ1) is 15.1. The first-order chi connectivity index (χ1) is 8.81. The summed E-state index contributed by atoms with van der Waals surface area (Å²) in [4.78, 5) is 0. The zero-order valence-electron chi connectivity index (χ0n) is 9.02. The number of thiophene rings is 1. The fraction of sp³-hybridized carbons (Fsp3) is 0. The Hall–Kier alpha value is -0.280. The minimum Gasteiger partial charge on any atom is -0.505 e. The van der Waals surface area contributed by atoms with Gasteiger partial charge in [-0.15, -0.1) is 11.3 Å². The van der Waals surface area contributed by atoms with Gasteiger partial charge < -0.3 is 5.11 Å². The number of rotatable bonds is 3. The third-order valence-electron chi connectivity index (χ3n) is 2.12. The van der Waals surface area contributed by atoms with E-state index in [4.69, 9.17) is 11.6 Å². The van der Waals surface area contributed by atoms with Gasteiger partial charge in [-0.1, -0.05) is 17.7 Å². The first-order valence-electron chi connectivity index (χ1n) is 4.76. The Bertz CT molecular complexity index is 711. The summed E-state index contributed by atoms with van der Waals surface area (Å²) in [6.07, 6.45) is 0. The zero-order valence-corrected chi connectivity index (χ0v) is 14.6. The SMILES string of the molecule is O=S(=O)(Nc1cccc(Br)c1O)c1cc(Cl)c(Br)s1. The maximum atomic E-state index is 12.1. The molecule has 0 spiro atoms. The molecule has 0 amide bonds. The van der Waals surface area contributed by atoms with Crippen LogP contribution < -0.4 is 4.72 Å². The van der Waals surface area contributed by atoms with Crippen molar-refractivity contribution in [1.82, 2.24) is 0 Å². The highest BCUT2D eigenvalue weighted by molar-refractivity contribution is 9.11. The lowest BCUT2D eigenvalue weighted by Crippen LogP contribution is -2.11. The Balaban J connectivity index is 2.39. The van der Waals surface area contributed by atoms with Gasteiger partial charge in [0.15, 0.2) is 5.75 Å². The lowest BCUT2D eigenvalue weighted by Gasteiger charge is -2.08. The van der Waals surface area contributed by atoms with Crippen LogP contribution in [0, 0.1) is 0 Å². The molecule has 0 unspecified atom stereocenters. The van der Waals surface area contributed by atoms with Gasteiger partial charge >= 0.3 is 0 Å². The number of nitrogens with one attached hydrogen (secondary N) is 1. The highest BCUT2D eigenvalue weighted by Gasteiger charge is 2.20. The molecule has 1 aromatic heterocycles. The molecule has 0 saturated carbocycles. The molecule has 9 heteroatoms. The summed E-state index contributed by atoms with van der Waals surface area (Å²) in [6.45, 7) is 0. The molecule has 0 atom stereocenters. The van der Waals surface area contributed by atoms with Crippen molar-refractivity contribution >= 4 is 70.5 Å². The van der Waals surface area contributed by atoms with E-state index in [-0.39, 0.29) is 15.6 Å². The molecule has 0 aliphatic heterocycles. The van der Waals surface area contributed by atoms with E-state index < -0.39 is 10.0 Å². The molecule has 1 aromatic carbocycles. The topological polar surface area (TPSA) is 66.4 Å². The second-order valence-corrected chi connectivity index (χ2v) is 8.97. The van der Waals surface area contributed by atoms with E-state index in [1.54, 1.807) is 12.1 Å². The number of aromatic hydroxyl groups is 1. The number of para-hydroxylation sites is 1. The monoisotopic (exact) mass is 445 g/mol. The van der Waals surface area contributed by atoms with E-state index in [9.17, 15) is 13.5 Å². The van der Waals surface area contributed by atoms with Crippen LogP contribution in [0.4, 0.5) is 5.69 Å². The molecule has 2 aromatic rings. The Kier molecular flexibility index (Phi) is 4.46. The van der Waals surface area contributed by atoms with Gasteiger partial charge in [0.25, 0.3) is 10.0 Å². The van der Waals surface area contributed by atoms with Crippen molar-refractivity contribution in [2.75, 3.05) is 4.72 Å². The van der Waals surface area contributed by atoms with Gasteiger partial charge in [-0.05, 0) is 50.1 Å². The van der Waals surface area contributed by atoms with Gasteiger partial charge in [0, 0.05) is 0 Å². The standard InChI is InChI=1S/C10H6Br2ClNO3S2/c11-5-2-1-3-7(9(5)15)14-19(16,17)8-4-6(13)10(12)18-8/h1-4,14-15H. The van der Waals surface area contributed by atoms with Crippen LogP contribution >= 0.6 is 54.8 Å². The maximum Gasteiger partial charge on any atom is 0.271 e. The number of anilines is 1. The molecule has 1 heterocycles. The van der Waals surface area contributed by atoms with Crippen molar-refractivity contribution in [2.24, 2.45) is 0 Å². The lowest BCUT2D eigenvalue weighted by molar-refractivity contribution is 0.474. The molecule has 4 nitrogen and oxygen atoms in total. The van der Waals surface area contributed by atoms with Gasteiger partial charge in [0.1, 0.15) is 4.21 Å². The summed E-state index contributed by atoms with van der Waals surface area (Å²) >= 11 is 13.1. The molecule has 0 aliphatic carbocycles. The first-order valence-corrected chi connectivity index (χ1v) is 9.03. The Morgan fingerprint density at radius 3 is 2.58 bits per heavy atom. The number of phenolic OH excluding ortho intramolecular Hbond substituents is 1. The van der Waals surface area contributed by atoms with Gasteiger partial charge in [-0.3, -0.25) is 4.72 Å². The average Bonchev–Trinajstić information content (AvgIpc) is 2.66. The fourth-order valence-corrected chi connectivity index (χ4v) is 5.08. The Morgan fingerprint density at radius 2 is 2.00 bits per heavy atom. The fourth-order valence-electron chi connectivity index (χ4n) is 1.25. The van der Waals surface area contributed by atoms with Crippen LogP contribution in [0.15, 0.2) is 36.7 Å². The number of halogens is 3. The van der Waals surface area contributed by atoms with Crippen LogP contribution in [0.2, 0.25) is 5.02 Å². The summed E-state index contributed by atoms with van der Waals surface area (Å²) in [5.74, 6) is -0.173. The second kappa shape index (κ2) is 5.61. The van der Waals surface area contributed by atoms with Crippen molar-refractivity contribution in [3.8, 4) is 5.75 Å². The molecule has 0 aliphatic rings. The van der Waals surface area contributed by atoms with E-state index in [0.717, 1.165) is 11.3 Å². The van der Waals surface area contributed by atoms with Crippen molar-refractivity contribution in [3.63, 3.8) is 0 Å². The number of hydrogen-bond donors (Lipinski definition) is 2. The van der Waals surface area contributed by atoms with Crippen LogP contribution in [0.1, 0.15) is 0 Å². The summed E-state index contributed by atoms with van der Waals surface area (Å²) in [6, 6.07) is 6.01. The molecule has 0 saturated heterocycles. The molecule has 102 valence electrons. The van der Waals surface area contributed by atoms with Gasteiger partial charge in [-0.2, -0.15) is 0 Å².